The van der Waals surface area contributed by atoms with Gasteiger partial charge in [0.25, 0.3) is 17.1 Å². The molecule has 0 bridgehead atoms. The average molecular weight is 533 g/mol. The lowest BCUT2D eigenvalue weighted by atomic mass is 10.2. The maximum atomic E-state index is 12.9. The Labute approximate surface area is 225 Å². The minimum absolute atomic E-state index is 0.151. The molecule has 8 nitrogen and oxygen atoms in total. The van der Waals surface area contributed by atoms with E-state index in [-0.39, 0.29) is 36.8 Å². The van der Waals surface area contributed by atoms with Crippen LogP contribution in [-0.2, 0) is 9.59 Å². The smallest absolute Gasteiger partial charge is 0.293 e. The highest BCUT2D eigenvalue weighted by molar-refractivity contribution is 8.18. The predicted octanol–water partition coefficient (Wildman–Crippen LogP) is 5.53. The quantitative estimate of drug-likeness (QED) is 0.325. The molecule has 1 N–H and O–H groups in total. The van der Waals surface area contributed by atoms with Gasteiger partial charge in [0.15, 0.2) is 18.1 Å². The van der Waals surface area contributed by atoms with E-state index in [1.807, 2.05) is 56.3 Å². The number of hydrogen-bond donors (Lipinski definition) is 1. The number of carbonyl (C=O) groups is 3. The molecular weight excluding hydrogens is 504 g/mol. The summed E-state index contributed by atoms with van der Waals surface area (Å²) in [6.45, 7) is 4.36. The fourth-order valence-electron chi connectivity index (χ4n) is 3.60. The van der Waals surface area contributed by atoms with E-state index in [1.165, 1.54) is 4.90 Å². The molecule has 3 aromatic carbocycles. The normalized spacial score (nSPS) is 14.1. The molecule has 0 saturated carbocycles. The maximum Gasteiger partial charge on any atom is 0.293 e. The minimum atomic E-state index is -0.372. The van der Waals surface area contributed by atoms with Gasteiger partial charge in [0.05, 0.1) is 18.1 Å². The van der Waals surface area contributed by atoms with Crippen LogP contribution in [0.5, 0.6) is 17.2 Å². The second-order valence-corrected chi connectivity index (χ2v) is 9.33. The lowest BCUT2D eigenvalue weighted by molar-refractivity contribution is -0.123. The van der Waals surface area contributed by atoms with Crippen LogP contribution in [0.25, 0.3) is 6.08 Å². The second kappa shape index (κ2) is 12.8. The van der Waals surface area contributed by atoms with Crippen molar-refractivity contribution in [3.05, 3.63) is 88.8 Å². The van der Waals surface area contributed by atoms with Gasteiger partial charge in [-0.05, 0) is 73.6 Å². The molecule has 1 aliphatic heterocycles. The van der Waals surface area contributed by atoms with Gasteiger partial charge in [-0.2, -0.15) is 0 Å². The van der Waals surface area contributed by atoms with Gasteiger partial charge in [-0.25, -0.2) is 0 Å². The van der Waals surface area contributed by atoms with Crippen molar-refractivity contribution in [1.82, 2.24) is 4.90 Å². The molecule has 0 spiro atoms. The third-order valence-electron chi connectivity index (χ3n) is 5.46. The van der Waals surface area contributed by atoms with Crippen LogP contribution in [0.15, 0.2) is 77.7 Å². The first-order chi connectivity index (χ1) is 18.4. The minimum Gasteiger partial charge on any atom is -0.492 e. The first kappa shape index (κ1) is 26.8. The van der Waals surface area contributed by atoms with Gasteiger partial charge in [0, 0.05) is 5.69 Å². The summed E-state index contributed by atoms with van der Waals surface area (Å²) in [5.41, 5.74) is 2.46. The van der Waals surface area contributed by atoms with E-state index < -0.39 is 0 Å². The highest BCUT2D eigenvalue weighted by atomic mass is 32.2. The van der Waals surface area contributed by atoms with Gasteiger partial charge >= 0.3 is 0 Å². The number of aryl methyl sites for hydroxylation is 1. The maximum absolute atomic E-state index is 12.9. The molecule has 0 aromatic heterocycles. The highest BCUT2D eigenvalue weighted by Crippen LogP contribution is 2.34. The van der Waals surface area contributed by atoms with Gasteiger partial charge in [-0.1, -0.05) is 42.0 Å². The number of imide groups is 1. The van der Waals surface area contributed by atoms with Crippen LogP contribution >= 0.6 is 11.8 Å². The Morgan fingerprint density at radius 3 is 2.45 bits per heavy atom. The van der Waals surface area contributed by atoms with Crippen LogP contribution in [0.1, 0.15) is 18.1 Å². The number of para-hydroxylation sites is 1. The zero-order chi connectivity index (χ0) is 26.9. The summed E-state index contributed by atoms with van der Waals surface area (Å²) in [6, 6.07) is 21.8. The van der Waals surface area contributed by atoms with Crippen molar-refractivity contribution in [2.45, 2.75) is 13.8 Å². The van der Waals surface area contributed by atoms with Crippen molar-refractivity contribution in [3.63, 3.8) is 0 Å². The molecule has 196 valence electrons. The molecule has 3 amide bonds. The first-order valence-corrected chi connectivity index (χ1v) is 12.9. The average Bonchev–Trinajstić information content (AvgIpc) is 3.17. The summed E-state index contributed by atoms with van der Waals surface area (Å²) >= 11 is 0.881. The van der Waals surface area contributed by atoms with Gasteiger partial charge < -0.3 is 19.5 Å². The summed E-state index contributed by atoms with van der Waals surface area (Å²) in [4.78, 5) is 39.1. The molecule has 38 heavy (non-hydrogen) atoms. The summed E-state index contributed by atoms with van der Waals surface area (Å²) in [6.07, 6.45) is 1.64. The van der Waals surface area contributed by atoms with Crippen molar-refractivity contribution >= 4 is 40.6 Å². The van der Waals surface area contributed by atoms with Crippen molar-refractivity contribution in [2.24, 2.45) is 0 Å². The number of nitrogens with zero attached hydrogens (tertiary/aromatic N) is 1. The Kier molecular flexibility index (Phi) is 9.05. The van der Waals surface area contributed by atoms with Gasteiger partial charge in [0.2, 0.25) is 0 Å². The SMILES string of the molecule is CCOc1cc(/C=C2\SC(=O)N(CCOc3ccc(C)cc3)C2=O)ccc1OCC(=O)Nc1ccccc1. The van der Waals surface area contributed by atoms with E-state index in [0.717, 1.165) is 17.3 Å². The van der Waals surface area contributed by atoms with E-state index in [1.54, 1.807) is 36.4 Å². The summed E-state index contributed by atoms with van der Waals surface area (Å²) in [7, 11) is 0. The first-order valence-electron chi connectivity index (χ1n) is 12.1. The standard InChI is InChI=1S/C29H28N2O6S/c1-3-35-25-17-21(11-14-24(25)37-19-27(32)30-22-7-5-4-6-8-22)18-26-28(33)31(29(34)38-26)15-16-36-23-12-9-20(2)10-13-23/h4-14,17-18H,3,15-16,19H2,1-2H3,(H,30,32)/b26-18-. The molecule has 4 rings (SSSR count). The number of thioether (sulfide) groups is 1. The molecule has 1 saturated heterocycles. The Bertz CT molecular complexity index is 1320. The third-order valence-corrected chi connectivity index (χ3v) is 6.37. The summed E-state index contributed by atoms with van der Waals surface area (Å²) in [5.74, 6) is 0.834. The van der Waals surface area contributed by atoms with Crippen LogP contribution < -0.4 is 19.5 Å². The van der Waals surface area contributed by atoms with E-state index in [4.69, 9.17) is 14.2 Å². The number of hydrogen-bond acceptors (Lipinski definition) is 7. The topological polar surface area (TPSA) is 94.2 Å². The lowest BCUT2D eigenvalue weighted by Gasteiger charge is -2.13. The lowest BCUT2D eigenvalue weighted by Crippen LogP contribution is -2.32. The zero-order valence-electron chi connectivity index (χ0n) is 21.1. The molecule has 1 heterocycles. The van der Waals surface area contributed by atoms with E-state index in [9.17, 15) is 14.4 Å². The Hall–Kier alpha value is -4.24. The van der Waals surface area contributed by atoms with Crippen molar-refractivity contribution < 1.29 is 28.6 Å². The molecule has 0 atom stereocenters. The Morgan fingerprint density at radius 2 is 1.71 bits per heavy atom. The van der Waals surface area contributed by atoms with E-state index in [0.29, 0.717) is 40.0 Å². The fraction of sp³-hybridized carbons (Fsp3) is 0.207. The number of carbonyl (C=O) groups excluding carboxylic acids is 3. The molecule has 1 aliphatic rings. The number of amides is 3. The second-order valence-electron chi connectivity index (χ2n) is 8.34. The highest BCUT2D eigenvalue weighted by Gasteiger charge is 2.34. The molecule has 0 unspecified atom stereocenters. The number of rotatable bonds is 11. The molecule has 3 aromatic rings. The van der Waals surface area contributed by atoms with Crippen molar-refractivity contribution in [1.29, 1.82) is 0 Å². The Morgan fingerprint density at radius 1 is 0.947 bits per heavy atom. The van der Waals surface area contributed by atoms with Crippen LogP contribution in [0, 0.1) is 6.92 Å². The van der Waals surface area contributed by atoms with Gasteiger partial charge in [-0.15, -0.1) is 0 Å². The van der Waals surface area contributed by atoms with Gasteiger partial charge in [-0.3, -0.25) is 19.3 Å². The molecule has 1 fully saturated rings. The van der Waals surface area contributed by atoms with Crippen molar-refractivity contribution in [2.75, 3.05) is 31.7 Å². The summed E-state index contributed by atoms with van der Waals surface area (Å²) in [5, 5.41) is 2.42. The Balaban J connectivity index is 1.37. The molecule has 9 heteroatoms. The molecular formula is C29H28N2O6S. The number of ether oxygens (including phenoxy) is 3. The molecule has 0 aliphatic carbocycles. The fourth-order valence-corrected chi connectivity index (χ4v) is 4.46. The predicted molar refractivity (Wildman–Crippen MR) is 148 cm³/mol. The third kappa shape index (κ3) is 7.17. The number of benzene rings is 3. The largest absolute Gasteiger partial charge is 0.492 e. The number of nitrogens with one attached hydrogen (secondary N) is 1. The molecule has 0 radical (unpaired) electrons. The van der Waals surface area contributed by atoms with E-state index in [2.05, 4.69) is 5.32 Å². The van der Waals surface area contributed by atoms with Crippen LogP contribution in [-0.4, -0.2) is 48.3 Å². The van der Waals surface area contributed by atoms with Crippen LogP contribution in [0.4, 0.5) is 10.5 Å². The van der Waals surface area contributed by atoms with Crippen LogP contribution in [0.2, 0.25) is 0 Å². The number of anilines is 1. The van der Waals surface area contributed by atoms with E-state index >= 15 is 0 Å². The van der Waals surface area contributed by atoms with Crippen LogP contribution in [0.3, 0.4) is 0 Å². The monoisotopic (exact) mass is 532 g/mol. The zero-order valence-corrected chi connectivity index (χ0v) is 22.0. The van der Waals surface area contributed by atoms with Gasteiger partial charge in [0.1, 0.15) is 12.4 Å². The summed E-state index contributed by atoms with van der Waals surface area (Å²) < 4.78 is 17.0. The van der Waals surface area contributed by atoms with Crippen molar-refractivity contribution in [3.8, 4) is 17.2 Å².